The molecule has 31 heavy (non-hydrogen) atoms. The lowest BCUT2D eigenvalue weighted by Crippen LogP contribution is -2.47. The van der Waals surface area contributed by atoms with E-state index < -0.39 is 39.8 Å². The van der Waals surface area contributed by atoms with Crippen LogP contribution in [0.1, 0.15) is 58.9 Å². The maximum absolute atomic E-state index is 13.5. The molecule has 2 atom stereocenters. The molecule has 0 saturated carbocycles. The van der Waals surface area contributed by atoms with E-state index in [1.165, 1.54) is 19.1 Å². The van der Waals surface area contributed by atoms with Crippen LogP contribution in [-0.4, -0.2) is 42.5 Å². The van der Waals surface area contributed by atoms with E-state index in [4.69, 9.17) is 9.47 Å². The molecule has 0 N–H and O–H groups in total. The first-order valence-corrected chi connectivity index (χ1v) is 12.4. The molecule has 0 aromatic heterocycles. The molecule has 1 aromatic carbocycles. The van der Waals surface area contributed by atoms with Crippen LogP contribution >= 0.6 is 15.9 Å². The second-order valence-electron chi connectivity index (χ2n) is 8.59. The highest BCUT2D eigenvalue weighted by molar-refractivity contribution is 9.11. The first kappa shape index (κ1) is 25.4. The van der Waals surface area contributed by atoms with Crippen LogP contribution in [-0.2, 0) is 24.3 Å². The summed E-state index contributed by atoms with van der Waals surface area (Å²) in [5.41, 5.74) is 0.0519. The molecule has 0 radical (unpaired) electrons. The number of benzene rings is 1. The van der Waals surface area contributed by atoms with Gasteiger partial charge in [-0.15, -0.1) is 0 Å². The largest absolute Gasteiger partial charge is 0.457 e. The van der Waals surface area contributed by atoms with Gasteiger partial charge in [0, 0.05) is 11.4 Å². The number of nitrogens with zero attached hydrogens (tertiary/aromatic N) is 1. The van der Waals surface area contributed by atoms with Crippen molar-refractivity contribution in [1.29, 1.82) is 0 Å². The van der Waals surface area contributed by atoms with E-state index >= 15 is 0 Å². The number of halogens is 1. The highest BCUT2D eigenvalue weighted by atomic mass is 79.9. The van der Waals surface area contributed by atoms with Crippen LogP contribution < -0.4 is 0 Å². The summed E-state index contributed by atoms with van der Waals surface area (Å²) in [6.07, 6.45) is 2.03. The second kappa shape index (κ2) is 10.2. The predicted octanol–water partition coefficient (Wildman–Crippen LogP) is 5.07. The molecule has 2 rings (SSSR count). The topological polar surface area (TPSA) is 90.0 Å². The number of rotatable bonds is 4. The summed E-state index contributed by atoms with van der Waals surface area (Å²) in [6.45, 7) is 8.25. The minimum absolute atomic E-state index is 0.0271. The molecule has 0 spiro atoms. The first-order chi connectivity index (χ1) is 14.3. The van der Waals surface area contributed by atoms with Crippen molar-refractivity contribution in [2.75, 3.05) is 0 Å². The molecular weight excluding hydrogens is 486 g/mol. The molecule has 1 aliphatic rings. The molecule has 0 bridgehead atoms. The van der Waals surface area contributed by atoms with Crippen LogP contribution in [0.2, 0.25) is 0 Å². The van der Waals surface area contributed by atoms with Crippen molar-refractivity contribution in [3.05, 3.63) is 40.4 Å². The van der Waals surface area contributed by atoms with Crippen molar-refractivity contribution < 1.29 is 27.5 Å². The molecule has 0 aliphatic heterocycles. The zero-order valence-electron chi connectivity index (χ0n) is 18.6. The third-order valence-corrected chi connectivity index (χ3v) is 7.37. The van der Waals surface area contributed by atoms with E-state index in [-0.39, 0.29) is 4.90 Å². The summed E-state index contributed by atoms with van der Waals surface area (Å²) in [7, 11) is -4.15. The Morgan fingerprint density at radius 1 is 1.10 bits per heavy atom. The van der Waals surface area contributed by atoms with Gasteiger partial charge in [-0.1, -0.05) is 39.7 Å². The van der Waals surface area contributed by atoms with E-state index in [0.717, 1.165) is 14.4 Å². The Morgan fingerprint density at radius 3 is 2.26 bits per heavy atom. The highest BCUT2D eigenvalue weighted by Crippen LogP contribution is 2.31. The summed E-state index contributed by atoms with van der Waals surface area (Å²) >= 11 is 3.44. The molecule has 7 nitrogen and oxygen atoms in total. The normalized spacial score (nSPS) is 21.8. The number of ether oxygens (including phenoxy) is 2. The Bertz CT molecular complexity index is 934. The van der Waals surface area contributed by atoms with Crippen molar-refractivity contribution in [1.82, 2.24) is 4.31 Å². The molecule has 9 heteroatoms. The second-order valence-corrected chi connectivity index (χ2v) is 11.3. The average molecular weight is 516 g/mol. The third kappa shape index (κ3) is 7.07. The third-order valence-electron chi connectivity index (χ3n) is 4.70. The lowest BCUT2D eigenvalue weighted by molar-refractivity contribution is -0.144. The van der Waals surface area contributed by atoms with Crippen LogP contribution in [0.4, 0.5) is 4.79 Å². The lowest BCUT2D eigenvalue weighted by Gasteiger charge is -2.34. The van der Waals surface area contributed by atoms with Crippen molar-refractivity contribution in [3.8, 4) is 0 Å². The van der Waals surface area contributed by atoms with Gasteiger partial charge >= 0.3 is 12.1 Å². The molecular formula is C22H30BrNO6S. The standard InChI is InChI=1S/C22H30BrNO6S/c1-15-9-12-18(13-10-15)31(27,28)24(21(26)30-22(3,4)5)17-7-6-8-19(23)20(14-11-17)29-16(2)25/h8-10,12-13,17,20H,6-7,11,14H2,1-5H3/b19-8+/t17-,20-/m0/s1. The van der Waals surface area contributed by atoms with Gasteiger partial charge in [0.2, 0.25) is 0 Å². The number of sulfonamides is 1. The molecule has 172 valence electrons. The lowest BCUT2D eigenvalue weighted by atomic mass is 9.99. The fourth-order valence-electron chi connectivity index (χ4n) is 3.30. The summed E-state index contributed by atoms with van der Waals surface area (Å²) in [5, 5.41) is 0. The van der Waals surface area contributed by atoms with Crippen LogP contribution in [0.5, 0.6) is 0 Å². The van der Waals surface area contributed by atoms with Crippen LogP contribution in [0.15, 0.2) is 39.7 Å². The highest BCUT2D eigenvalue weighted by Gasteiger charge is 2.39. The number of hydrogen-bond acceptors (Lipinski definition) is 6. The van der Waals surface area contributed by atoms with Crippen molar-refractivity contribution in [3.63, 3.8) is 0 Å². The first-order valence-electron chi connectivity index (χ1n) is 10.2. The fraction of sp³-hybridized carbons (Fsp3) is 0.545. The van der Waals surface area contributed by atoms with Gasteiger partial charge in [0.25, 0.3) is 10.0 Å². The van der Waals surface area contributed by atoms with Crippen LogP contribution in [0, 0.1) is 6.92 Å². The SMILES string of the molecule is CC(=O)O[C@H]1CC[C@@H](N(C(=O)OC(C)(C)C)S(=O)(=O)c2ccc(C)cc2)CC/C=C\1Br. The van der Waals surface area contributed by atoms with Crippen LogP contribution in [0.3, 0.4) is 0 Å². The molecule has 0 unspecified atom stereocenters. The minimum atomic E-state index is -4.15. The van der Waals surface area contributed by atoms with E-state index in [1.54, 1.807) is 32.9 Å². The molecule has 0 heterocycles. The Kier molecular flexibility index (Phi) is 8.33. The Morgan fingerprint density at radius 2 is 1.71 bits per heavy atom. The molecule has 0 fully saturated rings. The predicted molar refractivity (Wildman–Crippen MR) is 121 cm³/mol. The monoisotopic (exact) mass is 515 g/mol. The zero-order chi connectivity index (χ0) is 23.4. The van der Waals surface area contributed by atoms with Gasteiger partial charge < -0.3 is 9.47 Å². The average Bonchev–Trinajstić information content (AvgIpc) is 2.61. The van der Waals surface area contributed by atoms with Gasteiger partial charge in [-0.3, -0.25) is 4.79 Å². The van der Waals surface area contributed by atoms with Gasteiger partial charge in [0.15, 0.2) is 0 Å². The maximum atomic E-state index is 13.5. The van der Waals surface area contributed by atoms with Crippen molar-refractivity contribution in [2.24, 2.45) is 0 Å². The van der Waals surface area contributed by atoms with Gasteiger partial charge in [0.1, 0.15) is 11.7 Å². The smallest absolute Gasteiger partial charge is 0.424 e. The number of aryl methyl sites for hydroxylation is 1. The fourth-order valence-corrected chi connectivity index (χ4v) is 5.39. The Balaban J connectivity index is 2.43. The number of carbonyl (C=O) groups is 2. The number of amides is 1. The number of esters is 1. The number of allylic oxidation sites excluding steroid dienone is 1. The summed E-state index contributed by atoms with van der Waals surface area (Å²) in [4.78, 5) is 24.6. The Labute approximate surface area is 193 Å². The summed E-state index contributed by atoms with van der Waals surface area (Å²) in [5.74, 6) is -0.427. The van der Waals surface area contributed by atoms with Crippen LogP contribution in [0.25, 0.3) is 0 Å². The minimum Gasteiger partial charge on any atom is -0.457 e. The molecule has 1 aromatic rings. The molecule has 1 aliphatic carbocycles. The van der Waals surface area contributed by atoms with Gasteiger partial charge in [-0.2, -0.15) is 4.31 Å². The van der Waals surface area contributed by atoms with E-state index in [1.807, 2.05) is 13.0 Å². The quantitative estimate of drug-likeness (QED) is 0.519. The van der Waals surface area contributed by atoms with Crippen molar-refractivity contribution >= 4 is 38.0 Å². The van der Waals surface area contributed by atoms with E-state index in [2.05, 4.69) is 15.9 Å². The summed E-state index contributed by atoms with van der Waals surface area (Å²) in [6, 6.07) is 5.71. The van der Waals surface area contributed by atoms with Crippen molar-refractivity contribution in [2.45, 2.75) is 82.9 Å². The van der Waals surface area contributed by atoms with Gasteiger partial charge in [-0.05, 0) is 65.5 Å². The molecule has 0 saturated heterocycles. The zero-order valence-corrected chi connectivity index (χ0v) is 21.0. The summed E-state index contributed by atoms with van der Waals surface area (Å²) < 4.78 is 39.4. The number of carbonyl (C=O) groups excluding carboxylic acids is 2. The van der Waals surface area contributed by atoms with Gasteiger partial charge in [0.05, 0.1) is 10.9 Å². The number of hydrogen-bond donors (Lipinski definition) is 0. The van der Waals surface area contributed by atoms with E-state index in [0.29, 0.717) is 25.7 Å². The van der Waals surface area contributed by atoms with E-state index in [9.17, 15) is 18.0 Å². The Hall–Kier alpha value is -1.87. The molecule has 1 amide bonds. The van der Waals surface area contributed by atoms with Gasteiger partial charge in [-0.25, -0.2) is 13.2 Å². The maximum Gasteiger partial charge on any atom is 0.424 e.